The van der Waals surface area contributed by atoms with E-state index in [2.05, 4.69) is 10.6 Å². The summed E-state index contributed by atoms with van der Waals surface area (Å²) in [7, 11) is 0. The molecule has 5 nitrogen and oxygen atoms in total. The van der Waals surface area contributed by atoms with Crippen molar-refractivity contribution in [1.82, 2.24) is 0 Å². The first-order chi connectivity index (χ1) is 13.9. The van der Waals surface area contributed by atoms with Crippen molar-refractivity contribution in [3.05, 3.63) is 94.0 Å². The lowest BCUT2D eigenvalue weighted by Crippen LogP contribution is -2.15. The molecular formula is C24H21N3O2. The van der Waals surface area contributed by atoms with Crippen LogP contribution in [0.1, 0.15) is 43.0 Å². The second-order valence-corrected chi connectivity index (χ2v) is 6.95. The van der Waals surface area contributed by atoms with Gasteiger partial charge in [-0.2, -0.15) is 5.26 Å². The van der Waals surface area contributed by atoms with E-state index in [1.165, 1.54) is 0 Å². The van der Waals surface area contributed by atoms with Crippen LogP contribution in [0.5, 0.6) is 0 Å². The molecule has 2 N–H and O–H groups in total. The minimum Gasteiger partial charge on any atom is -0.322 e. The summed E-state index contributed by atoms with van der Waals surface area (Å²) in [6.45, 7) is 5.95. The zero-order valence-corrected chi connectivity index (χ0v) is 16.5. The maximum Gasteiger partial charge on any atom is 0.255 e. The number of amides is 2. The van der Waals surface area contributed by atoms with Crippen molar-refractivity contribution in [3.63, 3.8) is 0 Å². The minimum atomic E-state index is -0.285. The first-order valence-electron chi connectivity index (χ1n) is 9.18. The number of carbonyl (C=O) groups excluding carboxylic acids is 2. The number of nitrogens with one attached hydrogen (secondary N) is 2. The summed E-state index contributed by atoms with van der Waals surface area (Å²) >= 11 is 0. The van der Waals surface area contributed by atoms with E-state index in [1.807, 2.05) is 39.0 Å². The van der Waals surface area contributed by atoms with Gasteiger partial charge in [0.05, 0.1) is 11.6 Å². The third-order valence-electron chi connectivity index (χ3n) is 4.60. The molecule has 29 heavy (non-hydrogen) atoms. The van der Waals surface area contributed by atoms with E-state index >= 15 is 0 Å². The summed E-state index contributed by atoms with van der Waals surface area (Å²) in [5.41, 5.74) is 6.01. The molecule has 0 radical (unpaired) electrons. The van der Waals surface area contributed by atoms with E-state index in [9.17, 15) is 9.59 Å². The molecule has 3 aromatic rings. The van der Waals surface area contributed by atoms with Gasteiger partial charge in [0.1, 0.15) is 0 Å². The van der Waals surface area contributed by atoms with Crippen LogP contribution in [0.15, 0.2) is 60.7 Å². The van der Waals surface area contributed by atoms with Crippen LogP contribution in [-0.4, -0.2) is 11.8 Å². The number of benzene rings is 3. The lowest BCUT2D eigenvalue weighted by atomic mass is 10.0. The Morgan fingerprint density at radius 3 is 1.72 bits per heavy atom. The highest BCUT2D eigenvalue weighted by Gasteiger charge is 2.12. The number of nitriles is 1. The van der Waals surface area contributed by atoms with E-state index in [4.69, 9.17) is 5.26 Å². The highest BCUT2D eigenvalue weighted by Crippen LogP contribution is 2.22. The van der Waals surface area contributed by atoms with Crippen molar-refractivity contribution >= 4 is 23.2 Å². The zero-order chi connectivity index (χ0) is 21.0. The standard InChI is InChI=1S/C24H21N3O2/c1-15-12-16(2)22(17(3)13-15)27-24(29)20-8-6-19(7-9-20)23(28)26-21-10-4-18(14-25)5-11-21/h4-13H,1-3H3,(H,26,28)(H,27,29). The van der Waals surface area contributed by atoms with Crippen molar-refractivity contribution in [2.45, 2.75) is 20.8 Å². The molecule has 0 aromatic heterocycles. The zero-order valence-electron chi connectivity index (χ0n) is 16.5. The smallest absolute Gasteiger partial charge is 0.255 e. The average molecular weight is 383 g/mol. The fourth-order valence-corrected chi connectivity index (χ4v) is 3.17. The van der Waals surface area contributed by atoms with Crippen molar-refractivity contribution in [2.75, 3.05) is 10.6 Å². The number of hydrogen-bond donors (Lipinski definition) is 2. The Morgan fingerprint density at radius 2 is 1.24 bits per heavy atom. The van der Waals surface area contributed by atoms with E-state index in [1.54, 1.807) is 48.5 Å². The van der Waals surface area contributed by atoms with Gasteiger partial charge in [-0.05, 0) is 80.4 Å². The maximum atomic E-state index is 12.6. The Hall–Kier alpha value is -3.91. The molecule has 5 heteroatoms. The van der Waals surface area contributed by atoms with Crippen LogP contribution < -0.4 is 10.6 Å². The van der Waals surface area contributed by atoms with Gasteiger partial charge in [-0.3, -0.25) is 9.59 Å². The molecule has 0 heterocycles. The molecule has 3 rings (SSSR count). The first-order valence-corrected chi connectivity index (χ1v) is 9.18. The van der Waals surface area contributed by atoms with Crippen LogP contribution in [0.3, 0.4) is 0 Å². The van der Waals surface area contributed by atoms with Gasteiger partial charge in [-0.15, -0.1) is 0 Å². The van der Waals surface area contributed by atoms with Crippen LogP contribution in [0.4, 0.5) is 11.4 Å². The molecule has 0 aliphatic carbocycles. The molecule has 3 aromatic carbocycles. The van der Waals surface area contributed by atoms with E-state index < -0.39 is 0 Å². The Balaban J connectivity index is 1.70. The molecule has 144 valence electrons. The van der Waals surface area contributed by atoms with Crippen LogP contribution >= 0.6 is 0 Å². The van der Waals surface area contributed by atoms with Gasteiger partial charge >= 0.3 is 0 Å². The number of carbonyl (C=O) groups is 2. The number of hydrogen-bond acceptors (Lipinski definition) is 3. The normalized spacial score (nSPS) is 10.1. The van der Waals surface area contributed by atoms with Gasteiger partial charge in [0, 0.05) is 22.5 Å². The number of anilines is 2. The fraction of sp³-hybridized carbons (Fsp3) is 0.125. The highest BCUT2D eigenvalue weighted by molar-refractivity contribution is 6.07. The minimum absolute atomic E-state index is 0.223. The quantitative estimate of drug-likeness (QED) is 0.666. The van der Waals surface area contributed by atoms with Crippen LogP contribution in [0.2, 0.25) is 0 Å². The number of rotatable bonds is 4. The third-order valence-corrected chi connectivity index (χ3v) is 4.60. The second kappa shape index (κ2) is 8.41. The summed E-state index contributed by atoms with van der Waals surface area (Å²) < 4.78 is 0. The fourth-order valence-electron chi connectivity index (χ4n) is 3.17. The average Bonchev–Trinajstić information content (AvgIpc) is 2.71. The van der Waals surface area contributed by atoms with Crippen LogP contribution in [0, 0.1) is 32.1 Å². The van der Waals surface area contributed by atoms with Crippen molar-refractivity contribution in [1.29, 1.82) is 5.26 Å². The van der Waals surface area contributed by atoms with Gasteiger partial charge in [0.15, 0.2) is 0 Å². The third kappa shape index (κ3) is 4.69. The van der Waals surface area contributed by atoms with Crippen molar-refractivity contribution < 1.29 is 9.59 Å². The SMILES string of the molecule is Cc1cc(C)c(NC(=O)c2ccc(C(=O)Nc3ccc(C#N)cc3)cc2)c(C)c1. The Labute approximate surface area is 170 Å². The number of aryl methyl sites for hydroxylation is 3. The molecule has 0 saturated carbocycles. The van der Waals surface area contributed by atoms with Gasteiger partial charge in [0.25, 0.3) is 11.8 Å². The Morgan fingerprint density at radius 1 is 0.759 bits per heavy atom. The van der Waals surface area contributed by atoms with Crippen LogP contribution in [-0.2, 0) is 0 Å². The largest absolute Gasteiger partial charge is 0.322 e. The molecule has 0 saturated heterocycles. The molecule has 0 unspecified atom stereocenters. The van der Waals surface area contributed by atoms with E-state index in [0.717, 1.165) is 22.4 Å². The van der Waals surface area contributed by atoms with Gasteiger partial charge in [0.2, 0.25) is 0 Å². The maximum absolute atomic E-state index is 12.6. The topological polar surface area (TPSA) is 82.0 Å². The molecule has 2 amide bonds. The monoisotopic (exact) mass is 383 g/mol. The van der Waals surface area contributed by atoms with Gasteiger partial charge in [-0.1, -0.05) is 17.7 Å². The summed E-state index contributed by atoms with van der Waals surface area (Å²) in [4.78, 5) is 25.0. The predicted octanol–water partition coefficient (Wildman–Crippen LogP) is 4.99. The lowest BCUT2D eigenvalue weighted by molar-refractivity contribution is 0.101. The highest BCUT2D eigenvalue weighted by atomic mass is 16.2. The van der Waals surface area contributed by atoms with Crippen LogP contribution in [0.25, 0.3) is 0 Å². The Kier molecular flexibility index (Phi) is 5.75. The van der Waals surface area contributed by atoms with E-state index in [-0.39, 0.29) is 11.8 Å². The second-order valence-electron chi connectivity index (χ2n) is 6.95. The number of nitrogens with zero attached hydrogens (tertiary/aromatic N) is 1. The summed E-state index contributed by atoms with van der Waals surface area (Å²) in [6, 6.07) is 19.2. The predicted molar refractivity (Wildman–Crippen MR) is 114 cm³/mol. The van der Waals surface area contributed by atoms with E-state index in [0.29, 0.717) is 22.4 Å². The molecule has 0 spiro atoms. The summed E-state index contributed by atoms with van der Waals surface area (Å²) in [5, 5.41) is 14.5. The summed E-state index contributed by atoms with van der Waals surface area (Å²) in [5.74, 6) is -0.508. The van der Waals surface area contributed by atoms with Gasteiger partial charge in [-0.25, -0.2) is 0 Å². The lowest BCUT2D eigenvalue weighted by Gasteiger charge is -2.13. The first kappa shape index (κ1) is 19.8. The molecular weight excluding hydrogens is 362 g/mol. The molecule has 0 atom stereocenters. The van der Waals surface area contributed by atoms with Crippen molar-refractivity contribution in [3.8, 4) is 6.07 Å². The molecule has 0 fully saturated rings. The van der Waals surface area contributed by atoms with Gasteiger partial charge < -0.3 is 10.6 Å². The molecule has 0 aliphatic heterocycles. The van der Waals surface area contributed by atoms with Crippen molar-refractivity contribution in [2.24, 2.45) is 0 Å². The molecule has 0 aliphatic rings. The summed E-state index contributed by atoms with van der Waals surface area (Å²) in [6.07, 6.45) is 0. The molecule has 0 bridgehead atoms. The Bertz CT molecular complexity index is 1090.